The molecule has 2 aromatic heterocycles. The van der Waals surface area contributed by atoms with Crippen LogP contribution in [-0.4, -0.2) is 64.7 Å². The van der Waals surface area contributed by atoms with E-state index in [0.29, 0.717) is 3.53 Å². The second-order valence-electron chi connectivity index (χ2n) is 7.09. The topological polar surface area (TPSA) is 93.3 Å². The van der Waals surface area contributed by atoms with E-state index < -0.39 is 5.56 Å². The van der Waals surface area contributed by atoms with E-state index in [1.54, 1.807) is 11.9 Å². The van der Waals surface area contributed by atoms with Crippen molar-refractivity contribution in [3.63, 3.8) is 0 Å². The summed E-state index contributed by atoms with van der Waals surface area (Å²) in [7, 11) is 5.17. The normalized spacial score (nSPS) is 11.9. The van der Waals surface area contributed by atoms with Gasteiger partial charge in [-0.2, -0.15) is 4.98 Å². The van der Waals surface area contributed by atoms with Gasteiger partial charge in [0.05, 0.1) is 18.3 Å². The molecule has 28 heavy (non-hydrogen) atoms. The molecule has 0 aliphatic rings. The van der Waals surface area contributed by atoms with Gasteiger partial charge in [0, 0.05) is 25.9 Å². The molecule has 0 fully saturated rings. The first-order chi connectivity index (χ1) is 13.0. The standard InChI is InChI=1S/C17H22N6O2S3/c1-17(2,3)28-16(26)27-8-11(24)10-7-18-13-12(20-10)14(25)23(6)15(21-13)19-9-22(4)5/h7,9H,8H2,1-6H3/b19-9+. The Bertz CT molecular complexity index is 995. The molecule has 0 spiro atoms. The lowest BCUT2D eigenvalue weighted by Gasteiger charge is -2.17. The predicted octanol–water partition coefficient (Wildman–Crippen LogP) is 2.68. The molecule has 150 valence electrons. The van der Waals surface area contributed by atoms with Crippen LogP contribution in [0.25, 0.3) is 11.2 Å². The first-order valence-corrected chi connectivity index (χ1v) is 10.5. The number of Topliss-reactive ketones (excluding diaryl/α,β-unsaturated/α-hetero) is 1. The average Bonchev–Trinajstić information content (AvgIpc) is 2.59. The molecule has 0 atom stereocenters. The quantitative estimate of drug-likeness (QED) is 0.302. The number of ketones is 1. The highest BCUT2D eigenvalue weighted by Gasteiger charge is 2.18. The molecule has 0 aliphatic carbocycles. The summed E-state index contributed by atoms with van der Waals surface area (Å²) in [5, 5.41) is 0. The van der Waals surface area contributed by atoms with Gasteiger partial charge in [-0.05, 0) is 0 Å². The van der Waals surface area contributed by atoms with E-state index in [-0.39, 0.29) is 39.1 Å². The van der Waals surface area contributed by atoms with Crippen LogP contribution in [0.15, 0.2) is 16.0 Å². The lowest BCUT2D eigenvalue weighted by atomic mass is 10.3. The largest absolute Gasteiger partial charge is 0.369 e. The molecule has 2 heterocycles. The highest BCUT2D eigenvalue weighted by molar-refractivity contribution is 8.47. The van der Waals surface area contributed by atoms with Crippen LogP contribution in [0.3, 0.4) is 0 Å². The molecule has 2 aromatic rings. The Labute approximate surface area is 177 Å². The van der Waals surface area contributed by atoms with Crippen molar-refractivity contribution >= 4 is 68.5 Å². The number of rotatable bonds is 5. The Morgan fingerprint density at radius 1 is 1.36 bits per heavy atom. The summed E-state index contributed by atoms with van der Waals surface area (Å²) in [4.78, 5) is 43.5. The van der Waals surface area contributed by atoms with Crippen molar-refractivity contribution in [2.75, 3.05) is 19.8 Å². The van der Waals surface area contributed by atoms with Gasteiger partial charge in [0.1, 0.15) is 9.22 Å². The molecule has 0 amide bonds. The van der Waals surface area contributed by atoms with Crippen molar-refractivity contribution < 1.29 is 4.79 Å². The molecule has 0 aromatic carbocycles. The second kappa shape index (κ2) is 9.10. The van der Waals surface area contributed by atoms with Crippen molar-refractivity contribution in [2.45, 2.75) is 25.5 Å². The molecule has 0 saturated carbocycles. The summed E-state index contributed by atoms with van der Waals surface area (Å²) in [6, 6.07) is 0. The Hall–Kier alpha value is -1.85. The van der Waals surface area contributed by atoms with Gasteiger partial charge in [0.15, 0.2) is 16.9 Å². The number of aliphatic imine (C=N–C) groups is 1. The lowest BCUT2D eigenvalue weighted by Crippen LogP contribution is -2.21. The second-order valence-corrected chi connectivity index (χ2v) is 11.1. The molecule has 0 saturated heterocycles. The third-order valence-electron chi connectivity index (χ3n) is 3.17. The zero-order valence-electron chi connectivity index (χ0n) is 16.6. The van der Waals surface area contributed by atoms with Crippen LogP contribution in [0.1, 0.15) is 31.3 Å². The van der Waals surface area contributed by atoms with Crippen LogP contribution in [0.4, 0.5) is 5.95 Å². The van der Waals surface area contributed by atoms with E-state index in [4.69, 9.17) is 12.2 Å². The Morgan fingerprint density at radius 2 is 2.04 bits per heavy atom. The van der Waals surface area contributed by atoms with E-state index in [1.807, 2.05) is 14.1 Å². The molecule has 0 aliphatic heterocycles. The van der Waals surface area contributed by atoms with Crippen molar-refractivity contribution in [3.8, 4) is 0 Å². The Kier molecular flexibility index (Phi) is 7.29. The van der Waals surface area contributed by atoms with Gasteiger partial charge in [0.2, 0.25) is 5.95 Å². The minimum absolute atomic E-state index is 0.0134. The van der Waals surface area contributed by atoms with Crippen LogP contribution >= 0.6 is 35.7 Å². The minimum Gasteiger partial charge on any atom is -0.369 e. The fourth-order valence-corrected chi connectivity index (χ4v) is 4.91. The molecule has 0 bridgehead atoms. The number of hydrogen-bond donors (Lipinski definition) is 0. The molecular weight excluding hydrogens is 416 g/mol. The number of carbonyl (C=O) groups excluding carboxylic acids is 1. The van der Waals surface area contributed by atoms with Crippen molar-refractivity contribution in [2.24, 2.45) is 12.0 Å². The molecule has 8 nitrogen and oxygen atoms in total. The number of carbonyl (C=O) groups is 1. The van der Waals surface area contributed by atoms with Crippen LogP contribution in [-0.2, 0) is 7.05 Å². The Balaban J connectivity index is 2.25. The van der Waals surface area contributed by atoms with Gasteiger partial charge >= 0.3 is 0 Å². The number of hydrogen-bond acceptors (Lipinski definition) is 9. The van der Waals surface area contributed by atoms with E-state index in [1.165, 1.54) is 40.6 Å². The maximum Gasteiger partial charge on any atom is 0.282 e. The van der Waals surface area contributed by atoms with E-state index in [0.717, 1.165) is 0 Å². The van der Waals surface area contributed by atoms with E-state index >= 15 is 0 Å². The molecule has 2 rings (SSSR count). The van der Waals surface area contributed by atoms with Crippen LogP contribution < -0.4 is 5.56 Å². The summed E-state index contributed by atoms with van der Waals surface area (Å²) in [6.07, 6.45) is 2.87. The van der Waals surface area contributed by atoms with Crippen LogP contribution in [0.5, 0.6) is 0 Å². The highest BCUT2D eigenvalue weighted by Crippen LogP contribution is 2.30. The molecule has 0 N–H and O–H groups in total. The van der Waals surface area contributed by atoms with Crippen LogP contribution in [0.2, 0.25) is 0 Å². The number of thioether (sulfide) groups is 2. The number of aromatic nitrogens is 4. The van der Waals surface area contributed by atoms with Crippen LogP contribution in [0, 0.1) is 0 Å². The summed E-state index contributed by atoms with van der Waals surface area (Å²) < 4.78 is 1.95. The van der Waals surface area contributed by atoms with Gasteiger partial charge in [0.25, 0.3) is 5.56 Å². The predicted molar refractivity (Wildman–Crippen MR) is 121 cm³/mol. The summed E-state index contributed by atoms with van der Waals surface area (Å²) >= 11 is 8.12. The lowest BCUT2D eigenvalue weighted by molar-refractivity contribution is 0.101. The van der Waals surface area contributed by atoms with Gasteiger partial charge < -0.3 is 4.90 Å². The first kappa shape index (κ1) is 22.4. The number of nitrogens with zero attached hydrogens (tertiary/aromatic N) is 6. The van der Waals surface area contributed by atoms with Crippen molar-refractivity contribution in [1.82, 2.24) is 24.4 Å². The number of thiocarbonyl (C=S) groups is 1. The monoisotopic (exact) mass is 438 g/mol. The third kappa shape index (κ3) is 6.08. The average molecular weight is 439 g/mol. The fraction of sp³-hybridized carbons (Fsp3) is 0.471. The number of fused-ring (bicyclic) bond motifs is 1. The third-order valence-corrected chi connectivity index (χ3v) is 5.80. The first-order valence-electron chi connectivity index (χ1n) is 8.31. The summed E-state index contributed by atoms with van der Waals surface area (Å²) in [5.41, 5.74) is -0.109. The van der Waals surface area contributed by atoms with Gasteiger partial charge in [-0.15, -0.1) is 11.8 Å². The fourth-order valence-electron chi connectivity index (χ4n) is 1.92. The van der Waals surface area contributed by atoms with E-state index in [2.05, 4.69) is 40.7 Å². The zero-order valence-corrected chi connectivity index (χ0v) is 19.0. The smallest absolute Gasteiger partial charge is 0.282 e. The molecular formula is C17H22N6O2S3. The van der Waals surface area contributed by atoms with E-state index in [9.17, 15) is 9.59 Å². The molecule has 0 unspecified atom stereocenters. The molecule has 0 radical (unpaired) electrons. The maximum atomic E-state index is 12.6. The summed E-state index contributed by atoms with van der Waals surface area (Å²) in [6.45, 7) is 6.17. The van der Waals surface area contributed by atoms with Crippen molar-refractivity contribution in [1.29, 1.82) is 0 Å². The van der Waals surface area contributed by atoms with Gasteiger partial charge in [-0.3, -0.25) is 14.2 Å². The van der Waals surface area contributed by atoms with Gasteiger partial charge in [-0.25, -0.2) is 15.0 Å². The van der Waals surface area contributed by atoms with Crippen molar-refractivity contribution in [3.05, 3.63) is 22.2 Å². The maximum absolute atomic E-state index is 12.6. The SMILES string of the molecule is CN(C)/C=N/c1nc2ncc(C(=O)CSC(=S)SC(C)(C)C)nc2c(=O)n1C. The van der Waals surface area contributed by atoms with Gasteiger partial charge in [-0.1, -0.05) is 44.8 Å². The minimum atomic E-state index is -0.412. The summed E-state index contributed by atoms with van der Waals surface area (Å²) in [5.74, 6) is 0.105. The highest BCUT2D eigenvalue weighted by atomic mass is 32.2. The zero-order chi connectivity index (χ0) is 21.1. The Morgan fingerprint density at radius 3 is 2.64 bits per heavy atom. The molecule has 11 heteroatoms.